The number of hydrogen-bond acceptors (Lipinski definition) is 6. The molecule has 0 aromatic carbocycles. The van der Waals surface area contributed by atoms with Crippen LogP contribution in [0.1, 0.15) is 23.8 Å². The van der Waals surface area contributed by atoms with E-state index in [1.54, 1.807) is 0 Å². The van der Waals surface area contributed by atoms with Crippen LogP contribution in [-0.4, -0.2) is 44.4 Å². The third-order valence-electron chi connectivity index (χ3n) is 2.91. The highest BCUT2D eigenvalue weighted by atomic mass is 79.9. The van der Waals surface area contributed by atoms with Crippen LogP contribution in [0.2, 0.25) is 0 Å². The number of hydrogen-bond donors (Lipinski definition) is 1. The van der Waals surface area contributed by atoms with E-state index >= 15 is 0 Å². The third kappa shape index (κ3) is 3.79. The smallest absolute Gasteiger partial charge is 0.358 e. The summed E-state index contributed by atoms with van der Waals surface area (Å²) in [6, 6.07) is 0. The van der Waals surface area contributed by atoms with Gasteiger partial charge in [0.1, 0.15) is 4.60 Å². The molecule has 1 atom stereocenters. The first-order valence-corrected chi connectivity index (χ1v) is 7.86. The minimum atomic E-state index is -1.24. The van der Waals surface area contributed by atoms with Crippen LogP contribution in [0.25, 0.3) is 0 Å². The summed E-state index contributed by atoms with van der Waals surface area (Å²) in [5.74, 6) is -0.870. The van der Waals surface area contributed by atoms with E-state index in [1.165, 1.54) is 18.0 Å². The van der Waals surface area contributed by atoms with Gasteiger partial charge in [0, 0.05) is 25.6 Å². The molecule has 21 heavy (non-hydrogen) atoms. The van der Waals surface area contributed by atoms with Crippen molar-refractivity contribution in [1.29, 1.82) is 0 Å². The molecule has 0 saturated carbocycles. The van der Waals surface area contributed by atoms with Crippen LogP contribution in [0, 0.1) is 5.92 Å². The molecule has 0 spiro atoms. The maximum atomic E-state index is 12.0. The first-order chi connectivity index (χ1) is 9.88. The second-order valence-electron chi connectivity index (χ2n) is 4.55. The number of anilines is 1. The monoisotopic (exact) mass is 373 g/mol. The van der Waals surface area contributed by atoms with Crippen LogP contribution in [0.5, 0.6) is 0 Å². The quantitative estimate of drug-likeness (QED) is 0.854. The van der Waals surface area contributed by atoms with Crippen molar-refractivity contribution in [3.8, 4) is 0 Å². The first-order valence-electron chi connectivity index (χ1n) is 6.08. The normalized spacial score (nSPS) is 18.1. The average Bonchev–Trinajstić information content (AvgIpc) is 2.77. The Morgan fingerprint density at radius 2 is 2.29 bits per heavy atom. The maximum Gasteiger partial charge on any atom is 0.358 e. The van der Waals surface area contributed by atoms with Gasteiger partial charge < -0.3 is 5.11 Å². The lowest BCUT2D eigenvalue weighted by Crippen LogP contribution is -2.28. The molecule has 1 N–H and O–H groups in total. The van der Waals surface area contributed by atoms with E-state index in [4.69, 9.17) is 5.11 Å². The Morgan fingerprint density at radius 1 is 1.57 bits per heavy atom. The van der Waals surface area contributed by atoms with Gasteiger partial charge in [-0.1, -0.05) is 11.8 Å². The number of amides is 1. The van der Waals surface area contributed by atoms with E-state index in [0.717, 1.165) is 11.8 Å². The summed E-state index contributed by atoms with van der Waals surface area (Å²) in [4.78, 5) is 43.4. The average molecular weight is 374 g/mol. The predicted molar refractivity (Wildman–Crippen MR) is 80.3 cm³/mol. The van der Waals surface area contributed by atoms with Crippen molar-refractivity contribution in [2.45, 2.75) is 13.3 Å². The van der Waals surface area contributed by atoms with E-state index in [2.05, 4.69) is 25.9 Å². The Kier molecular flexibility index (Phi) is 4.94. The molecular weight excluding hydrogens is 362 g/mol. The number of halogens is 1. The van der Waals surface area contributed by atoms with Crippen LogP contribution in [0.3, 0.4) is 0 Å². The molecule has 1 aromatic rings. The number of carboxylic acids is 1. The van der Waals surface area contributed by atoms with Crippen LogP contribution >= 0.6 is 27.7 Å². The molecule has 7 nitrogen and oxygen atoms in total. The molecule has 1 amide bonds. The lowest BCUT2D eigenvalue weighted by atomic mass is 10.1. The summed E-state index contributed by atoms with van der Waals surface area (Å²) in [6.45, 7) is 1.82. The fourth-order valence-electron chi connectivity index (χ4n) is 2.04. The number of carbonyl (C=O) groups excluding carboxylic acids is 2. The number of aromatic carboxylic acids is 1. The molecule has 9 heteroatoms. The zero-order valence-corrected chi connectivity index (χ0v) is 13.5. The van der Waals surface area contributed by atoms with E-state index in [-0.39, 0.29) is 34.9 Å². The topological polar surface area (TPSA) is 100 Å². The van der Waals surface area contributed by atoms with Gasteiger partial charge in [0.25, 0.3) is 0 Å². The van der Waals surface area contributed by atoms with Crippen LogP contribution in [0.15, 0.2) is 10.8 Å². The highest BCUT2D eigenvalue weighted by molar-refractivity contribution is 9.10. The van der Waals surface area contributed by atoms with E-state index in [9.17, 15) is 14.4 Å². The molecule has 1 aromatic heterocycles. The highest BCUT2D eigenvalue weighted by Crippen LogP contribution is 2.28. The second-order valence-corrected chi connectivity index (χ2v) is 6.56. The lowest BCUT2D eigenvalue weighted by molar-refractivity contribution is -0.117. The summed E-state index contributed by atoms with van der Waals surface area (Å²) < 4.78 is 0.291. The zero-order chi connectivity index (χ0) is 15.6. The van der Waals surface area contributed by atoms with E-state index in [0.29, 0.717) is 16.9 Å². The minimum Gasteiger partial charge on any atom is -0.476 e. The summed E-state index contributed by atoms with van der Waals surface area (Å²) in [5.41, 5.74) is -0.266. The number of rotatable bonds is 4. The Labute approximate surface area is 133 Å². The predicted octanol–water partition coefficient (Wildman–Crippen LogP) is 1.57. The molecular formula is C12H12BrN3O4S. The number of aromatic nitrogens is 2. The summed E-state index contributed by atoms with van der Waals surface area (Å²) in [7, 11) is 0. The molecule has 0 aliphatic carbocycles. The molecule has 0 radical (unpaired) electrons. The number of thioether (sulfide) groups is 1. The first kappa shape index (κ1) is 15.9. The Hall–Kier alpha value is -1.48. The van der Waals surface area contributed by atoms with Crippen LogP contribution in [0.4, 0.5) is 5.82 Å². The van der Waals surface area contributed by atoms with Gasteiger partial charge in [-0.2, -0.15) is 0 Å². The summed E-state index contributed by atoms with van der Waals surface area (Å²) >= 11 is 4.22. The zero-order valence-electron chi connectivity index (χ0n) is 11.1. The second kappa shape index (κ2) is 6.52. The van der Waals surface area contributed by atoms with Gasteiger partial charge in [0.05, 0.1) is 6.20 Å². The van der Waals surface area contributed by atoms with Gasteiger partial charge >= 0.3 is 5.97 Å². The molecule has 112 valence electrons. The van der Waals surface area contributed by atoms with Crippen molar-refractivity contribution < 1.29 is 19.5 Å². The van der Waals surface area contributed by atoms with Gasteiger partial charge in [0.15, 0.2) is 16.6 Å². The Morgan fingerprint density at radius 3 is 2.90 bits per heavy atom. The van der Waals surface area contributed by atoms with Crippen molar-refractivity contribution >= 4 is 50.5 Å². The van der Waals surface area contributed by atoms with Gasteiger partial charge in [0.2, 0.25) is 5.91 Å². The van der Waals surface area contributed by atoms with Crippen LogP contribution < -0.4 is 4.90 Å². The van der Waals surface area contributed by atoms with E-state index in [1.807, 2.05) is 0 Å². The van der Waals surface area contributed by atoms with Gasteiger partial charge in [-0.05, 0) is 21.8 Å². The lowest BCUT2D eigenvalue weighted by Gasteiger charge is -2.17. The number of nitrogens with zero attached hydrogens (tertiary/aromatic N) is 3. The van der Waals surface area contributed by atoms with Crippen molar-refractivity contribution in [3.63, 3.8) is 0 Å². The van der Waals surface area contributed by atoms with Gasteiger partial charge in [-0.3, -0.25) is 14.5 Å². The fourth-order valence-corrected chi connectivity index (χ4v) is 3.01. The molecule has 1 saturated heterocycles. The largest absolute Gasteiger partial charge is 0.476 e. The van der Waals surface area contributed by atoms with Gasteiger partial charge in [-0.15, -0.1) is 0 Å². The summed E-state index contributed by atoms with van der Waals surface area (Å²) in [5, 5.41) is 9.16. The third-order valence-corrected chi connectivity index (χ3v) is 4.34. The molecule has 1 unspecified atom stereocenters. The maximum absolute atomic E-state index is 12.0. The Balaban J connectivity index is 2.21. The molecule has 0 bridgehead atoms. The minimum absolute atomic E-state index is 0.00140. The highest BCUT2D eigenvalue weighted by Gasteiger charge is 2.34. The molecule has 1 aliphatic rings. The van der Waals surface area contributed by atoms with E-state index < -0.39 is 5.97 Å². The van der Waals surface area contributed by atoms with Crippen molar-refractivity contribution in [2.75, 3.05) is 17.2 Å². The standard InChI is InChI=1S/C12H12BrN3O4S/c1-6(17)21-5-7-2-9(18)16(4-7)11-10(12(19)20)15-8(13)3-14-11/h3,7H,2,4-5H2,1H3,(H,19,20). The van der Waals surface area contributed by atoms with Crippen molar-refractivity contribution in [1.82, 2.24) is 9.97 Å². The Bertz CT molecular complexity index is 610. The molecule has 1 aliphatic heterocycles. The van der Waals surface area contributed by atoms with Crippen molar-refractivity contribution in [3.05, 3.63) is 16.5 Å². The van der Waals surface area contributed by atoms with Crippen molar-refractivity contribution in [2.24, 2.45) is 5.92 Å². The molecule has 2 heterocycles. The van der Waals surface area contributed by atoms with Crippen LogP contribution in [-0.2, 0) is 9.59 Å². The molecule has 1 fully saturated rings. The van der Waals surface area contributed by atoms with Gasteiger partial charge in [-0.25, -0.2) is 14.8 Å². The summed E-state index contributed by atoms with van der Waals surface area (Å²) in [6.07, 6.45) is 1.63. The number of carboxylic acid groups (broad SMARTS) is 1. The fraction of sp³-hybridized carbons (Fsp3) is 0.417. The molecule has 2 rings (SSSR count). The number of carbonyl (C=O) groups is 3. The SMILES string of the molecule is CC(=O)SCC1CC(=O)N(c2ncc(Br)nc2C(=O)O)C1.